The fourth-order valence-electron chi connectivity index (χ4n) is 5.30. The van der Waals surface area contributed by atoms with Crippen molar-refractivity contribution in [2.45, 2.75) is 76.7 Å². The van der Waals surface area contributed by atoms with Gasteiger partial charge in [0.15, 0.2) is 0 Å². The standard InChI is InChI=1S/C26H38O/c1-3-5-19-27-20-22-9-13-24(14-10-22)26-17-15-25(16-18-26)23-11-7-21(6-4-2)8-12-23/h3-4,9-10,13-14,21,23,25-26H,1-2,5-8,11-12,15-20H2. The summed E-state index contributed by atoms with van der Waals surface area (Å²) in [7, 11) is 0. The van der Waals surface area contributed by atoms with Gasteiger partial charge >= 0.3 is 0 Å². The van der Waals surface area contributed by atoms with E-state index in [1.807, 2.05) is 6.08 Å². The highest BCUT2D eigenvalue weighted by atomic mass is 16.5. The first-order chi connectivity index (χ1) is 13.3. The highest BCUT2D eigenvalue weighted by Crippen LogP contribution is 2.44. The second-order valence-electron chi connectivity index (χ2n) is 8.79. The molecule has 27 heavy (non-hydrogen) atoms. The lowest BCUT2D eigenvalue weighted by molar-refractivity contribution is 0.125. The molecule has 2 aliphatic carbocycles. The lowest BCUT2D eigenvalue weighted by atomic mass is 9.68. The van der Waals surface area contributed by atoms with Crippen molar-refractivity contribution >= 4 is 0 Å². The van der Waals surface area contributed by atoms with Crippen molar-refractivity contribution in [2.75, 3.05) is 6.61 Å². The molecule has 0 atom stereocenters. The molecule has 0 aromatic heterocycles. The molecular formula is C26H38O. The van der Waals surface area contributed by atoms with Crippen LogP contribution in [0.15, 0.2) is 49.6 Å². The zero-order chi connectivity index (χ0) is 18.9. The molecule has 148 valence electrons. The molecule has 1 heteroatoms. The molecule has 0 spiro atoms. The van der Waals surface area contributed by atoms with E-state index in [1.54, 1.807) is 0 Å². The van der Waals surface area contributed by atoms with Gasteiger partial charge in [0.2, 0.25) is 0 Å². The molecule has 0 radical (unpaired) electrons. The van der Waals surface area contributed by atoms with Crippen LogP contribution in [0.5, 0.6) is 0 Å². The maximum absolute atomic E-state index is 5.67. The summed E-state index contributed by atoms with van der Waals surface area (Å²) in [5.74, 6) is 3.69. The molecular weight excluding hydrogens is 328 g/mol. The Morgan fingerprint density at radius 2 is 1.44 bits per heavy atom. The van der Waals surface area contributed by atoms with Crippen molar-refractivity contribution in [1.29, 1.82) is 0 Å². The van der Waals surface area contributed by atoms with Gasteiger partial charge in [-0.25, -0.2) is 0 Å². The maximum atomic E-state index is 5.67. The summed E-state index contributed by atoms with van der Waals surface area (Å²) in [6.45, 7) is 9.13. The molecule has 1 nitrogen and oxygen atoms in total. The second-order valence-corrected chi connectivity index (χ2v) is 8.79. The van der Waals surface area contributed by atoms with E-state index in [0.717, 1.165) is 43.3 Å². The first-order valence-corrected chi connectivity index (χ1v) is 11.2. The highest BCUT2D eigenvalue weighted by Gasteiger charge is 2.30. The van der Waals surface area contributed by atoms with Crippen molar-refractivity contribution < 1.29 is 4.74 Å². The smallest absolute Gasteiger partial charge is 0.0717 e. The fourth-order valence-corrected chi connectivity index (χ4v) is 5.30. The van der Waals surface area contributed by atoms with Crippen molar-refractivity contribution in [3.8, 4) is 0 Å². The van der Waals surface area contributed by atoms with Gasteiger partial charge in [0.1, 0.15) is 0 Å². The van der Waals surface area contributed by atoms with Crippen molar-refractivity contribution in [3.05, 3.63) is 60.7 Å². The van der Waals surface area contributed by atoms with Crippen LogP contribution in [-0.4, -0.2) is 6.61 Å². The molecule has 0 amide bonds. The van der Waals surface area contributed by atoms with E-state index in [-0.39, 0.29) is 0 Å². The van der Waals surface area contributed by atoms with Gasteiger partial charge in [-0.1, -0.05) is 36.4 Å². The Morgan fingerprint density at radius 3 is 2.04 bits per heavy atom. The summed E-state index contributed by atoms with van der Waals surface area (Å²) in [5.41, 5.74) is 2.82. The van der Waals surface area contributed by atoms with Crippen molar-refractivity contribution in [2.24, 2.45) is 17.8 Å². The van der Waals surface area contributed by atoms with Gasteiger partial charge in [-0.05, 0) is 99.0 Å². The third-order valence-electron chi connectivity index (χ3n) is 7.02. The normalized spacial score (nSPS) is 28.6. The molecule has 1 aromatic rings. The molecule has 0 saturated heterocycles. The molecule has 0 aliphatic heterocycles. The van der Waals surface area contributed by atoms with Crippen LogP contribution in [0.25, 0.3) is 0 Å². The molecule has 2 saturated carbocycles. The van der Waals surface area contributed by atoms with Crippen LogP contribution in [0.3, 0.4) is 0 Å². The monoisotopic (exact) mass is 366 g/mol. The van der Waals surface area contributed by atoms with E-state index in [1.165, 1.54) is 68.9 Å². The quantitative estimate of drug-likeness (QED) is 0.326. The zero-order valence-corrected chi connectivity index (χ0v) is 17.1. The van der Waals surface area contributed by atoms with Crippen LogP contribution in [0.1, 0.15) is 81.3 Å². The fraction of sp³-hybridized carbons (Fsp3) is 0.615. The molecule has 0 N–H and O–H groups in total. The zero-order valence-electron chi connectivity index (χ0n) is 17.1. The number of allylic oxidation sites excluding steroid dienone is 1. The van der Waals surface area contributed by atoms with E-state index < -0.39 is 0 Å². The lowest BCUT2D eigenvalue weighted by Crippen LogP contribution is -2.25. The highest BCUT2D eigenvalue weighted by molar-refractivity contribution is 5.25. The minimum absolute atomic E-state index is 0.718. The first kappa shape index (κ1) is 20.4. The van der Waals surface area contributed by atoms with E-state index in [9.17, 15) is 0 Å². The summed E-state index contributed by atoms with van der Waals surface area (Å²) >= 11 is 0. The Balaban J connectivity index is 1.41. The number of hydrogen-bond acceptors (Lipinski definition) is 1. The Kier molecular flexibility index (Phi) is 8.20. The van der Waals surface area contributed by atoms with Gasteiger partial charge in [0.25, 0.3) is 0 Å². The summed E-state index contributed by atoms with van der Waals surface area (Å²) in [6, 6.07) is 9.21. The van der Waals surface area contributed by atoms with Gasteiger partial charge in [-0.2, -0.15) is 0 Å². The minimum Gasteiger partial charge on any atom is -0.376 e. The predicted molar refractivity (Wildman–Crippen MR) is 116 cm³/mol. The van der Waals surface area contributed by atoms with Crippen LogP contribution >= 0.6 is 0 Å². The lowest BCUT2D eigenvalue weighted by Gasteiger charge is -2.38. The van der Waals surface area contributed by atoms with Crippen molar-refractivity contribution in [3.63, 3.8) is 0 Å². The molecule has 2 fully saturated rings. The summed E-state index contributed by atoms with van der Waals surface area (Å²) in [4.78, 5) is 0. The largest absolute Gasteiger partial charge is 0.376 e. The minimum atomic E-state index is 0.718. The Morgan fingerprint density at radius 1 is 0.815 bits per heavy atom. The molecule has 0 bridgehead atoms. The first-order valence-electron chi connectivity index (χ1n) is 11.2. The average molecular weight is 367 g/mol. The van der Waals surface area contributed by atoms with Crippen LogP contribution < -0.4 is 0 Å². The third-order valence-corrected chi connectivity index (χ3v) is 7.02. The van der Waals surface area contributed by atoms with Crippen LogP contribution in [0.2, 0.25) is 0 Å². The Bertz CT molecular complexity index is 556. The van der Waals surface area contributed by atoms with Crippen LogP contribution in [0, 0.1) is 17.8 Å². The van der Waals surface area contributed by atoms with E-state index in [2.05, 4.69) is 43.5 Å². The molecule has 0 unspecified atom stereocenters. The van der Waals surface area contributed by atoms with Gasteiger partial charge in [-0.15, -0.1) is 13.2 Å². The summed E-state index contributed by atoms with van der Waals surface area (Å²) in [5, 5.41) is 0. The number of ether oxygens (including phenoxy) is 1. The van der Waals surface area contributed by atoms with Crippen LogP contribution in [0.4, 0.5) is 0 Å². The molecule has 0 heterocycles. The van der Waals surface area contributed by atoms with Gasteiger partial charge in [-0.3, -0.25) is 0 Å². The number of rotatable bonds is 9. The third kappa shape index (κ3) is 6.07. The topological polar surface area (TPSA) is 9.23 Å². The van der Waals surface area contributed by atoms with Gasteiger partial charge in [0.05, 0.1) is 13.2 Å². The Hall–Kier alpha value is -1.34. The number of benzene rings is 1. The SMILES string of the molecule is C=CCCOCc1ccc(C2CCC(C3CCC(CC=C)CC3)CC2)cc1. The van der Waals surface area contributed by atoms with E-state index >= 15 is 0 Å². The second kappa shape index (κ2) is 10.9. The summed E-state index contributed by atoms with van der Waals surface area (Å²) < 4.78 is 5.67. The maximum Gasteiger partial charge on any atom is 0.0717 e. The molecule has 3 rings (SSSR count). The van der Waals surface area contributed by atoms with Crippen LogP contribution in [-0.2, 0) is 11.3 Å². The summed E-state index contributed by atoms with van der Waals surface area (Å²) in [6.07, 6.45) is 17.6. The molecule has 1 aromatic carbocycles. The van der Waals surface area contributed by atoms with Gasteiger partial charge in [0, 0.05) is 0 Å². The van der Waals surface area contributed by atoms with Gasteiger partial charge < -0.3 is 4.74 Å². The molecule has 2 aliphatic rings. The predicted octanol–water partition coefficient (Wildman–Crippen LogP) is 7.44. The van der Waals surface area contributed by atoms with E-state index in [0.29, 0.717) is 0 Å². The van der Waals surface area contributed by atoms with Crippen molar-refractivity contribution in [1.82, 2.24) is 0 Å². The van der Waals surface area contributed by atoms with E-state index in [4.69, 9.17) is 4.74 Å². The average Bonchev–Trinajstić information content (AvgIpc) is 2.73. The Labute approximate surface area is 166 Å². The number of hydrogen-bond donors (Lipinski definition) is 0.